The van der Waals surface area contributed by atoms with Crippen LogP contribution >= 0.6 is 0 Å². The molecule has 0 aliphatic carbocycles. The number of aromatic nitrogens is 2. The van der Waals surface area contributed by atoms with Gasteiger partial charge in [0.25, 0.3) is 0 Å². The summed E-state index contributed by atoms with van der Waals surface area (Å²) < 4.78 is 18.5. The SMILES string of the molecule is COc1ccc(Nc2nc(NN)ncc2F)cc1. The van der Waals surface area contributed by atoms with Crippen LogP contribution in [0.5, 0.6) is 5.75 Å². The number of halogens is 1. The summed E-state index contributed by atoms with van der Waals surface area (Å²) in [6, 6.07) is 7.00. The summed E-state index contributed by atoms with van der Waals surface area (Å²) in [5.74, 6) is 5.49. The zero-order valence-electron chi connectivity index (χ0n) is 9.64. The predicted octanol–water partition coefficient (Wildman–Crippen LogP) is 1.65. The third kappa shape index (κ3) is 2.64. The summed E-state index contributed by atoms with van der Waals surface area (Å²) in [6.45, 7) is 0. The van der Waals surface area contributed by atoms with Gasteiger partial charge >= 0.3 is 0 Å². The number of hydrogen-bond donors (Lipinski definition) is 3. The summed E-state index contributed by atoms with van der Waals surface area (Å²) in [7, 11) is 1.58. The standard InChI is InChI=1S/C11H12FN5O/c1-18-8-4-2-7(3-5-8)15-10-9(12)6-14-11(16-10)17-13/h2-6H,13H2,1H3,(H2,14,15,16,17). The minimum Gasteiger partial charge on any atom is -0.497 e. The van der Waals surface area contributed by atoms with Gasteiger partial charge in [0.15, 0.2) is 11.6 Å². The Kier molecular flexibility index (Phi) is 3.54. The van der Waals surface area contributed by atoms with E-state index in [0.29, 0.717) is 11.4 Å². The van der Waals surface area contributed by atoms with Gasteiger partial charge in [-0.1, -0.05) is 0 Å². The van der Waals surface area contributed by atoms with Gasteiger partial charge in [0.2, 0.25) is 5.95 Å². The van der Waals surface area contributed by atoms with Crippen LogP contribution in [0.25, 0.3) is 0 Å². The fourth-order valence-electron chi connectivity index (χ4n) is 1.34. The van der Waals surface area contributed by atoms with Crippen molar-refractivity contribution in [2.24, 2.45) is 5.84 Å². The topological polar surface area (TPSA) is 85.1 Å². The van der Waals surface area contributed by atoms with Crippen molar-refractivity contribution in [2.75, 3.05) is 17.9 Å². The average molecular weight is 249 g/mol. The number of ether oxygens (including phenoxy) is 1. The van der Waals surface area contributed by atoms with Crippen LogP contribution in [0.1, 0.15) is 0 Å². The molecule has 0 aliphatic rings. The molecule has 1 heterocycles. The number of nitrogens with zero attached hydrogens (tertiary/aromatic N) is 2. The molecule has 0 saturated heterocycles. The highest BCUT2D eigenvalue weighted by atomic mass is 19.1. The smallest absolute Gasteiger partial charge is 0.239 e. The second kappa shape index (κ2) is 5.28. The Morgan fingerprint density at radius 1 is 1.28 bits per heavy atom. The van der Waals surface area contributed by atoms with Crippen LogP contribution in [0.4, 0.5) is 21.8 Å². The highest BCUT2D eigenvalue weighted by molar-refractivity contribution is 5.58. The number of hydrogen-bond acceptors (Lipinski definition) is 6. The third-order valence-corrected chi connectivity index (χ3v) is 2.23. The van der Waals surface area contributed by atoms with Gasteiger partial charge in [0, 0.05) is 5.69 Å². The van der Waals surface area contributed by atoms with E-state index in [9.17, 15) is 4.39 Å². The number of hydrazine groups is 1. The molecule has 6 nitrogen and oxygen atoms in total. The second-order valence-corrected chi connectivity index (χ2v) is 3.39. The minimum atomic E-state index is -0.565. The Morgan fingerprint density at radius 2 is 2.00 bits per heavy atom. The van der Waals surface area contributed by atoms with Crippen LogP contribution in [-0.4, -0.2) is 17.1 Å². The molecule has 2 rings (SSSR count). The van der Waals surface area contributed by atoms with E-state index in [2.05, 4.69) is 20.7 Å². The molecule has 0 radical (unpaired) electrons. The molecular formula is C11H12FN5O. The minimum absolute atomic E-state index is 0.0446. The van der Waals surface area contributed by atoms with E-state index in [1.807, 2.05) is 0 Å². The van der Waals surface area contributed by atoms with E-state index in [1.165, 1.54) is 0 Å². The first-order chi connectivity index (χ1) is 8.72. The van der Waals surface area contributed by atoms with Gasteiger partial charge in [0.05, 0.1) is 13.3 Å². The first-order valence-electron chi connectivity index (χ1n) is 5.13. The Labute approximate surface area is 103 Å². The molecule has 0 aliphatic heterocycles. The molecule has 4 N–H and O–H groups in total. The maximum atomic E-state index is 13.5. The molecule has 0 atom stereocenters. The van der Waals surface area contributed by atoms with Crippen molar-refractivity contribution in [2.45, 2.75) is 0 Å². The molecule has 2 aromatic rings. The van der Waals surface area contributed by atoms with Crippen LogP contribution in [0, 0.1) is 5.82 Å². The van der Waals surface area contributed by atoms with E-state index in [1.54, 1.807) is 31.4 Å². The number of anilines is 3. The lowest BCUT2D eigenvalue weighted by molar-refractivity contribution is 0.415. The number of nitrogens with one attached hydrogen (secondary N) is 2. The van der Waals surface area contributed by atoms with Crippen LogP contribution in [0.3, 0.4) is 0 Å². The van der Waals surface area contributed by atoms with Crippen molar-refractivity contribution in [3.05, 3.63) is 36.3 Å². The van der Waals surface area contributed by atoms with E-state index in [0.717, 1.165) is 6.20 Å². The number of nitrogen functional groups attached to an aromatic ring is 1. The quantitative estimate of drug-likeness (QED) is 0.564. The maximum Gasteiger partial charge on any atom is 0.239 e. The lowest BCUT2D eigenvalue weighted by Crippen LogP contribution is -2.11. The van der Waals surface area contributed by atoms with E-state index in [4.69, 9.17) is 10.6 Å². The molecule has 0 spiro atoms. The van der Waals surface area contributed by atoms with Gasteiger partial charge in [-0.2, -0.15) is 4.98 Å². The molecule has 0 unspecified atom stereocenters. The van der Waals surface area contributed by atoms with Crippen molar-refractivity contribution < 1.29 is 9.13 Å². The summed E-state index contributed by atoms with van der Waals surface area (Å²) >= 11 is 0. The van der Waals surface area contributed by atoms with Crippen LogP contribution in [0.15, 0.2) is 30.5 Å². The van der Waals surface area contributed by atoms with Gasteiger partial charge in [-0.3, -0.25) is 5.43 Å². The lowest BCUT2D eigenvalue weighted by Gasteiger charge is -2.08. The molecule has 7 heteroatoms. The summed E-state index contributed by atoms with van der Waals surface area (Å²) in [5, 5.41) is 2.82. The zero-order chi connectivity index (χ0) is 13.0. The molecule has 1 aromatic carbocycles. The molecule has 0 fully saturated rings. The van der Waals surface area contributed by atoms with Gasteiger partial charge in [-0.15, -0.1) is 0 Å². The fraction of sp³-hybridized carbons (Fsp3) is 0.0909. The molecule has 1 aromatic heterocycles. The first kappa shape index (κ1) is 12.1. The first-order valence-corrected chi connectivity index (χ1v) is 5.13. The van der Waals surface area contributed by atoms with Crippen LogP contribution in [-0.2, 0) is 0 Å². The summed E-state index contributed by atoms with van der Waals surface area (Å²) in [6.07, 6.45) is 1.04. The monoisotopic (exact) mass is 249 g/mol. The van der Waals surface area contributed by atoms with E-state index >= 15 is 0 Å². The number of methoxy groups -OCH3 is 1. The predicted molar refractivity (Wildman–Crippen MR) is 66.1 cm³/mol. The third-order valence-electron chi connectivity index (χ3n) is 2.23. The normalized spacial score (nSPS) is 9.94. The fourth-order valence-corrected chi connectivity index (χ4v) is 1.34. The number of benzene rings is 1. The Balaban J connectivity index is 2.21. The number of rotatable bonds is 4. The van der Waals surface area contributed by atoms with Gasteiger partial charge < -0.3 is 10.1 Å². The molecular weight excluding hydrogens is 237 g/mol. The zero-order valence-corrected chi connectivity index (χ0v) is 9.64. The van der Waals surface area contributed by atoms with E-state index < -0.39 is 5.82 Å². The lowest BCUT2D eigenvalue weighted by atomic mass is 10.3. The largest absolute Gasteiger partial charge is 0.497 e. The highest BCUT2D eigenvalue weighted by Crippen LogP contribution is 2.20. The Bertz CT molecular complexity index is 531. The highest BCUT2D eigenvalue weighted by Gasteiger charge is 2.06. The van der Waals surface area contributed by atoms with Crippen molar-refractivity contribution in [3.63, 3.8) is 0 Å². The summed E-state index contributed by atoms with van der Waals surface area (Å²) in [5.41, 5.74) is 2.93. The van der Waals surface area contributed by atoms with Gasteiger partial charge in [-0.05, 0) is 24.3 Å². The summed E-state index contributed by atoms with van der Waals surface area (Å²) in [4.78, 5) is 7.51. The molecule has 18 heavy (non-hydrogen) atoms. The number of nitrogens with two attached hydrogens (primary N) is 1. The molecule has 0 bridgehead atoms. The molecule has 94 valence electrons. The van der Waals surface area contributed by atoms with Crippen molar-refractivity contribution in [1.82, 2.24) is 9.97 Å². The van der Waals surface area contributed by atoms with Gasteiger partial charge in [0.1, 0.15) is 5.75 Å². The van der Waals surface area contributed by atoms with E-state index in [-0.39, 0.29) is 11.8 Å². The van der Waals surface area contributed by atoms with Crippen molar-refractivity contribution >= 4 is 17.5 Å². The Hall–Kier alpha value is -2.41. The molecule has 0 saturated carbocycles. The average Bonchev–Trinajstić information content (AvgIpc) is 2.42. The second-order valence-electron chi connectivity index (χ2n) is 3.39. The van der Waals surface area contributed by atoms with Crippen LogP contribution < -0.4 is 21.3 Å². The Morgan fingerprint density at radius 3 is 2.61 bits per heavy atom. The molecule has 0 amide bonds. The maximum absolute atomic E-state index is 13.5. The van der Waals surface area contributed by atoms with Crippen molar-refractivity contribution in [1.29, 1.82) is 0 Å². The van der Waals surface area contributed by atoms with Gasteiger partial charge in [-0.25, -0.2) is 15.2 Å². The van der Waals surface area contributed by atoms with Crippen molar-refractivity contribution in [3.8, 4) is 5.75 Å². The van der Waals surface area contributed by atoms with Crippen LogP contribution in [0.2, 0.25) is 0 Å².